The van der Waals surface area contributed by atoms with Crippen molar-refractivity contribution in [3.8, 4) is 11.3 Å². The van der Waals surface area contributed by atoms with Gasteiger partial charge in [-0.25, -0.2) is 4.98 Å². The van der Waals surface area contributed by atoms with E-state index in [1.807, 2.05) is 26.1 Å². The lowest BCUT2D eigenvalue weighted by molar-refractivity contribution is 0.977. The molecule has 0 saturated heterocycles. The fourth-order valence-corrected chi connectivity index (χ4v) is 2.21. The number of benzene rings is 1. The van der Waals surface area contributed by atoms with E-state index in [0.29, 0.717) is 0 Å². The van der Waals surface area contributed by atoms with Crippen LogP contribution in [0.5, 0.6) is 0 Å². The summed E-state index contributed by atoms with van der Waals surface area (Å²) in [7, 11) is 1.83. The van der Waals surface area contributed by atoms with E-state index in [2.05, 4.69) is 37.6 Å². The number of hydrogen-bond donors (Lipinski definition) is 2. The minimum atomic E-state index is 0.734. The quantitative estimate of drug-likeness (QED) is 0.720. The van der Waals surface area contributed by atoms with Crippen LogP contribution < -0.4 is 5.32 Å². The molecule has 0 fully saturated rings. The molecule has 1 aromatic carbocycles. The Labute approximate surface area is 104 Å². The lowest BCUT2D eigenvalue weighted by atomic mass is 10.1. The van der Waals surface area contributed by atoms with Gasteiger partial charge in [-0.2, -0.15) is 0 Å². The van der Waals surface area contributed by atoms with Crippen molar-refractivity contribution < 1.29 is 0 Å². The van der Waals surface area contributed by atoms with E-state index in [-0.39, 0.29) is 0 Å². The number of H-pyrrole nitrogens is 1. The average molecular weight is 239 g/mol. The van der Waals surface area contributed by atoms with Gasteiger partial charge < -0.3 is 10.3 Å². The molecule has 0 aliphatic carbocycles. The summed E-state index contributed by atoms with van der Waals surface area (Å²) in [5.74, 6) is 0.734. The third kappa shape index (κ3) is 1.52. The lowest BCUT2D eigenvalue weighted by Crippen LogP contribution is -1.99. The molecule has 5 nitrogen and oxygen atoms in total. The Morgan fingerprint density at radius 1 is 1.22 bits per heavy atom. The first-order chi connectivity index (χ1) is 8.81. The summed E-state index contributed by atoms with van der Waals surface area (Å²) in [5, 5.41) is 12.3. The molecule has 0 aliphatic heterocycles. The molecule has 0 unspecified atom stereocenters. The van der Waals surface area contributed by atoms with E-state index in [1.165, 1.54) is 6.33 Å². The maximum atomic E-state index is 4.21. The number of para-hydroxylation sites is 1. The molecule has 5 heteroatoms. The van der Waals surface area contributed by atoms with Crippen molar-refractivity contribution in [1.82, 2.24) is 20.2 Å². The van der Waals surface area contributed by atoms with Crippen LogP contribution >= 0.6 is 0 Å². The number of nitrogens with one attached hydrogen (secondary N) is 2. The van der Waals surface area contributed by atoms with Crippen LogP contribution in [0.3, 0.4) is 0 Å². The van der Waals surface area contributed by atoms with Gasteiger partial charge in [0, 0.05) is 29.2 Å². The molecule has 2 heterocycles. The largest absolute Gasteiger partial charge is 0.371 e. The second-order valence-electron chi connectivity index (χ2n) is 4.08. The molecular formula is C13H13N5. The minimum absolute atomic E-state index is 0.734. The molecule has 90 valence electrons. The molecule has 0 atom stereocenters. The first kappa shape index (κ1) is 10.7. The summed E-state index contributed by atoms with van der Waals surface area (Å²) in [6.07, 6.45) is 1.44. The zero-order chi connectivity index (χ0) is 12.5. The molecule has 2 N–H and O–H groups in total. The Morgan fingerprint density at radius 2 is 2.06 bits per heavy atom. The van der Waals surface area contributed by atoms with Crippen LogP contribution in [0.15, 0.2) is 30.6 Å². The summed E-state index contributed by atoms with van der Waals surface area (Å²) >= 11 is 0. The standard InChI is InChI=1S/C13H13N5/c1-8-11(9-5-3-4-6-10(9)17-8)12-13(14-2)15-7-16-18-12/h3-7,17H,1-2H3,(H,14,15,16). The van der Waals surface area contributed by atoms with Crippen molar-refractivity contribution in [2.75, 3.05) is 12.4 Å². The first-order valence-electron chi connectivity index (χ1n) is 5.74. The van der Waals surface area contributed by atoms with Gasteiger partial charge in [-0.05, 0) is 13.0 Å². The third-order valence-corrected chi connectivity index (χ3v) is 2.99. The van der Waals surface area contributed by atoms with Crippen molar-refractivity contribution in [1.29, 1.82) is 0 Å². The van der Waals surface area contributed by atoms with E-state index in [0.717, 1.165) is 33.7 Å². The lowest BCUT2D eigenvalue weighted by Gasteiger charge is -2.05. The maximum absolute atomic E-state index is 4.21. The Hall–Kier alpha value is -2.43. The van der Waals surface area contributed by atoms with Gasteiger partial charge in [0.1, 0.15) is 12.0 Å². The van der Waals surface area contributed by atoms with Crippen molar-refractivity contribution in [3.63, 3.8) is 0 Å². The van der Waals surface area contributed by atoms with Crippen LogP contribution in [0.4, 0.5) is 5.82 Å². The molecule has 3 rings (SSSR count). The highest BCUT2D eigenvalue weighted by Crippen LogP contribution is 2.33. The fourth-order valence-electron chi connectivity index (χ4n) is 2.21. The Kier molecular flexibility index (Phi) is 2.44. The van der Waals surface area contributed by atoms with Crippen molar-refractivity contribution in [3.05, 3.63) is 36.3 Å². The zero-order valence-corrected chi connectivity index (χ0v) is 10.2. The van der Waals surface area contributed by atoms with E-state index in [9.17, 15) is 0 Å². The van der Waals surface area contributed by atoms with Gasteiger partial charge in [0.2, 0.25) is 0 Å². The highest BCUT2D eigenvalue weighted by Gasteiger charge is 2.15. The predicted molar refractivity (Wildman–Crippen MR) is 71.4 cm³/mol. The summed E-state index contributed by atoms with van der Waals surface area (Å²) in [6, 6.07) is 8.15. The topological polar surface area (TPSA) is 66.5 Å². The fraction of sp³-hybridized carbons (Fsp3) is 0.154. The molecule has 0 bridgehead atoms. The van der Waals surface area contributed by atoms with Gasteiger partial charge in [-0.1, -0.05) is 18.2 Å². The number of fused-ring (bicyclic) bond motifs is 1. The Balaban J connectivity index is 2.34. The van der Waals surface area contributed by atoms with Crippen LogP contribution in [-0.2, 0) is 0 Å². The van der Waals surface area contributed by atoms with Crippen LogP contribution in [-0.4, -0.2) is 27.2 Å². The monoisotopic (exact) mass is 239 g/mol. The third-order valence-electron chi connectivity index (χ3n) is 2.99. The number of aromatic amines is 1. The highest BCUT2D eigenvalue weighted by molar-refractivity contribution is 5.98. The number of rotatable bonds is 2. The normalized spacial score (nSPS) is 10.8. The molecule has 0 spiro atoms. The second kappa shape index (κ2) is 4.10. The Morgan fingerprint density at radius 3 is 2.89 bits per heavy atom. The van der Waals surface area contributed by atoms with Crippen molar-refractivity contribution in [2.45, 2.75) is 6.92 Å². The highest BCUT2D eigenvalue weighted by atomic mass is 15.2. The number of nitrogens with zero attached hydrogens (tertiary/aromatic N) is 3. The summed E-state index contributed by atoms with van der Waals surface area (Å²) in [5.41, 5.74) is 3.98. The number of aryl methyl sites for hydroxylation is 1. The smallest absolute Gasteiger partial charge is 0.156 e. The molecule has 3 aromatic rings. The van der Waals surface area contributed by atoms with Gasteiger partial charge in [0.05, 0.1) is 0 Å². The molecular weight excluding hydrogens is 226 g/mol. The molecule has 2 aromatic heterocycles. The van der Waals surface area contributed by atoms with Crippen LogP contribution in [0.25, 0.3) is 22.2 Å². The zero-order valence-electron chi connectivity index (χ0n) is 10.2. The predicted octanol–water partition coefficient (Wildman–Crippen LogP) is 2.37. The van der Waals surface area contributed by atoms with Gasteiger partial charge in [-0.15, -0.1) is 10.2 Å². The molecule has 0 aliphatic rings. The van der Waals surface area contributed by atoms with Crippen molar-refractivity contribution >= 4 is 16.7 Å². The summed E-state index contributed by atoms with van der Waals surface area (Å²) in [6.45, 7) is 2.03. The Bertz CT molecular complexity index is 701. The van der Waals surface area contributed by atoms with Crippen LogP contribution in [0, 0.1) is 6.92 Å². The summed E-state index contributed by atoms with van der Waals surface area (Å²) in [4.78, 5) is 7.56. The SMILES string of the molecule is CNc1ncnnc1-c1c(C)[nH]c2ccccc12. The number of aromatic nitrogens is 4. The minimum Gasteiger partial charge on any atom is -0.371 e. The number of hydrogen-bond acceptors (Lipinski definition) is 4. The van der Waals surface area contributed by atoms with Crippen LogP contribution in [0.2, 0.25) is 0 Å². The molecule has 0 saturated carbocycles. The van der Waals surface area contributed by atoms with Gasteiger partial charge in [0.15, 0.2) is 5.82 Å². The van der Waals surface area contributed by atoms with E-state index in [1.54, 1.807) is 0 Å². The van der Waals surface area contributed by atoms with Gasteiger partial charge in [-0.3, -0.25) is 0 Å². The van der Waals surface area contributed by atoms with E-state index < -0.39 is 0 Å². The first-order valence-corrected chi connectivity index (χ1v) is 5.74. The average Bonchev–Trinajstić information content (AvgIpc) is 2.74. The van der Waals surface area contributed by atoms with E-state index >= 15 is 0 Å². The van der Waals surface area contributed by atoms with E-state index in [4.69, 9.17) is 0 Å². The summed E-state index contributed by atoms with van der Waals surface area (Å²) < 4.78 is 0. The van der Waals surface area contributed by atoms with Crippen molar-refractivity contribution in [2.24, 2.45) is 0 Å². The molecule has 0 radical (unpaired) electrons. The maximum Gasteiger partial charge on any atom is 0.156 e. The van der Waals surface area contributed by atoms with Gasteiger partial charge >= 0.3 is 0 Å². The van der Waals surface area contributed by atoms with Gasteiger partial charge in [0.25, 0.3) is 0 Å². The van der Waals surface area contributed by atoms with Crippen LogP contribution in [0.1, 0.15) is 5.69 Å². The number of anilines is 1. The second-order valence-corrected chi connectivity index (χ2v) is 4.08. The molecule has 0 amide bonds. The molecule has 18 heavy (non-hydrogen) atoms.